The average Bonchev–Trinajstić information content (AvgIpc) is 2.95. The maximum Gasteiger partial charge on any atom is 0.394 e. The smallest absolute Gasteiger partial charge is 0.394 e. The van der Waals surface area contributed by atoms with Crippen LogP contribution in [0.5, 0.6) is 0 Å². The number of hydrogen-bond donors (Lipinski definition) is 2. The molecule has 0 aromatic heterocycles. The monoisotopic (exact) mass is 344 g/mol. The van der Waals surface area contributed by atoms with Crippen LogP contribution < -0.4 is 5.32 Å². The van der Waals surface area contributed by atoms with Gasteiger partial charge in [0.15, 0.2) is 0 Å². The number of aryl methyl sites for hydroxylation is 1. The van der Waals surface area contributed by atoms with E-state index >= 15 is 0 Å². The first-order valence-electron chi connectivity index (χ1n) is 7.57. The second-order valence-electron chi connectivity index (χ2n) is 5.91. The number of aliphatic carboxylic acids is 1. The number of alkyl halides is 3. The molecule has 2 atom stereocenters. The van der Waals surface area contributed by atoms with E-state index in [2.05, 4.69) is 5.32 Å². The van der Waals surface area contributed by atoms with Crippen LogP contribution in [0.25, 0.3) is 0 Å². The summed E-state index contributed by atoms with van der Waals surface area (Å²) in [5.41, 5.74) is 2.10. The van der Waals surface area contributed by atoms with Gasteiger partial charge in [0.2, 0.25) is 0 Å². The van der Waals surface area contributed by atoms with E-state index in [-0.39, 0.29) is 6.54 Å². The number of nitrogens with one attached hydrogen (secondary N) is 1. The van der Waals surface area contributed by atoms with Gasteiger partial charge >= 0.3 is 18.2 Å². The second-order valence-corrected chi connectivity index (χ2v) is 5.91. The lowest BCUT2D eigenvalue weighted by Gasteiger charge is -2.18. The molecule has 1 aromatic rings. The Kier molecular flexibility index (Phi) is 5.36. The molecule has 132 valence electrons. The fourth-order valence-electron chi connectivity index (χ4n) is 2.86. The van der Waals surface area contributed by atoms with Crippen molar-refractivity contribution in [2.75, 3.05) is 19.6 Å². The van der Waals surface area contributed by atoms with Gasteiger partial charge in [-0.2, -0.15) is 13.2 Å². The predicted octanol–water partition coefficient (Wildman–Crippen LogP) is 2.44. The van der Waals surface area contributed by atoms with Gasteiger partial charge in [-0.1, -0.05) is 24.3 Å². The Morgan fingerprint density at radius 2 is 1.96 bits per heavy atom. The van der Waals surface area contributed by atoms with Crippen molar-refractivity contribution in [3.63, 3.8) is 0 Å². The Bertz CT molecular complexity index is 619. The lowest BCUT2D eigenvalue weighted by Crippen LogP contribution is -2.40. The van der Waals surface area contributed by atoms with Crippen LogP contribution in [0.4, 0.5) is 18.0 Å². The summed E-state index contributed by atoms with van der Waals surface area (Å²) in [6.07, 6.45) is -4.09. The minimum atomic E-state index is -4.64. The summed E-state index contributed by atoms with van der Waals surface area (Å²) in [5, 5.41) is 11.5. The molecule has 0 unspecified atom stereocenters. The number of carbonyl (C=O) groups excluding carboxylic acids is 1. The Hall–Kier alpha value is -2.25. The van der Waals surface area contributed by atoms with Gasteiger partial charge in [-0.25, -0.2) is 4.79 Å². The number of likely N-dealkylation sites (tertiary alicyclic amines) is 1. The highest BCUT2D eigenvalue weighted by Gasteiger charge is 2.53. The van der Waals surface area contributed by atoms with Crippen LogP contribution in [-0.4, -0.2) is 47.8 Å². The van der Waals surface area contributed by atoms with Gasteiger partial charge in [0, 0.05) is 19.6 Å². The van der Waals surface area contributed by atoms with Crippen molar-refractivity contribution in [3.8, 4) is 0 Å². The minimum absolute atomic E-state index is 0.272. The highest BCUT2D eigenvalue weighted by Crippen LogP contribution is 2.37. The van der Waals surface area contributed by atoms with Gasteiger partial charge < -0.3 is 15.3 Å². The molecule has 8 heteroatoms. The number of rotatable bonds is 4. The van der Waals surface area contributed by atoms with E-state index in [1.165, 1.54) is 0 Å². The van der Waals surface area contributed by atoms with Crippen molar-refractivity contribution >= 4 is 12.0 Å². The SMILES string of the molecule is Cc1ccccc1CCNC(=O)N1C[C@@H](C(F)(F)F)[C@H](C(=O)O)C1. The summed E-state index contributed by atoms with van der Waals surface area (Å²) in [6.45, 7) is 1.14. The van der Waals surface area contributed by atoms with Crippen molar-refractivity contribution in [2.45, 2.75) is 19.5 Å². The molecule has 2 N–H and O–H groups in total. The lowest BCUT2D eigenvalue weighted by molar-refractivity contribution is -0.187. The van der Waals surface area contributed by atoms with Gasteiger partial charge in [-0.15, -0.1) is 0 Å². The number of hydrogen-bond acceptors (Lipinski definition) is 2. The van der Waals surface area contributed by atoms with Crippen molar-refractivity contribution in [1.29, 1.82) is 0 Å². The van der Waals surface area contributed by atoms with E-state index in [1.54, 1.807) is 0 Å². The third-order valence-corrected chi connectivity index (χ3v) is 4.28. The molecule has 1 heterocycles. The normalized spacial score (nSPS) is 20.9. The van der Waals surface area contributed by atoms with E-state index in [1.807, 2.05) is 31.2 Å². The van der Waals surface area contributed by atoms with Gasteiger partial charge in [0.25, 0.3) is 0 Å². The molecule has 0 saturated carbocycles. The van der Waals surface area contributed by atoms with Gasteiger partial charge in [-0.05, 0) is 24.5 Å². The Labute approximate surface area is 137 Å². The number of nitrogens with zero attached hydrogens (tertiary/aromatic N) is 1. The largest absolute Gasteiger partial charge is 0.481 e. The zero-order chi connectivity index (χ0) is 17.9. The molecule has 2 rings (SSSR count). The van der Waals surface area contributed by atoms with E-state index < -0.39 is 43.1 Å². The first-order valence-corrected chi connectivity index (χ1v) is 7.57. The number of halogens is 3. The van der Waals surface area contributed by atoms with Crippen LogP contribution in [0, 0.1) is 18.8 Å². The number of urea groups is 1. The van der Waals surface area contributed by atoms with Crippen LogP contribution >= 0.6 is 0 Å². The summed E-state index contributed by atoms with van der Waals surface area (Å²) in [6, 6.07) is 6.95. The third-order valence-electron chi connectivity index (χ3n) is 4.28. The van der Waals surface area contributed by atoms with Gasteiger partial charge in [0.05, 0.1) is 11.8 Å². The quantitative estimate of drug-likeness (QED) is 0.881. The van der Waals surface area contributed by atoms with Crippen molar-refractivity contribution in [3.05, 3.63) is 35.4 Å². The fraction of sp³-hybridized carbons (Fsp3) is 0.500. The van der Waals surface area contributed by atoms with E-state index in [9.17, 15) is 22.8 Å². The first-order chi connectivity index (χ1) is 11.2. The minimum Gasteiger partial charge on any atom is -0.481 e. The van der Waals surface area contributed by atoms with Crippen LogP contribution in [0.3, 0.4) is 0 Å². The van der Waals surface area contributed by atoms with Crippen LogP contribution in [0.2, 0.25) is 0 Å². The molecule has 2 amide bonds. The zero-order valence-electron chi connectivity index (χ0n) is 13.1. The highest BCUT2D eigenvalue weighted by atomic mass is 19.4. The molecule has 24 heavy (non-hydrogen) atoms. The van der Waals surface area contributed by atoms with E-state index in [0.29, 0.717) is 6.42 Å². The summed E-state index contributed by atoms with van der Waals surface area (Å²) >= 11 is 0. The maximum absolute atomic E-state index is 12.9. The van der Waals surface area contributed by atoms with Crippen LogP contribution in [0.1, 0.15) is 11.1 Å². The van der Waals surface area contributed by atoms with Crippen LogP contribution in [0.15, 0.2) is 24.3 Å². The summed E-state index contributed by atoms with van der Waals surface area (Å²) in [7, 11) is 0. The number of carboxylic acid groups (broad SMARTS) is 1. The average molecular weight is 344 g/mol. The molecule has 0 spiro atoms. The zero-order valence-corrected chi connectivity index (χ0v) is 13.1. The van der Waals surface area contributed by atoms with Gasteiger partial charge in [0.1, 0.15) is 0 Å². The molecule has 1 fully saturated rings. The molecule has 0 bridgehead atoms. The van der Waals surface area contributed by atoms with Crippen molar-refractivity contribution in [2.24, 2.45) is 11.8 Å². The maximum atomic E-state index is 12.9. The molecule has 1 aliphatic rings. The molecule has 1 aliphatic heterocycles. The molecule has 5 nitrogen and oxygen atoms in total. The number of carboxylic acids is 1. The Balaban J connectivity index is 1.91. The van der Waals surface area contributed by atoms with Crippen molar-refractivity contribution in [1.82, 2.24) is 10.2 Å². The summed E-state index contributed by atoms with van der Waals surface area (Å²) in [5.74, 6) is -5.18. The topological polar surface area (TPSA) is 69.6 Å². The Morgan fingerprint density at radius 1 is 1.29 bits per heavy atom. The Morgan fingerprint density at radius 3 is 2.50 bits per heavy atom. The highest BCUT2D eigenvalue weighted by molar-refractivity contribution is 5.77. The lowest BCUT2D eigenvalue weighted by atomic mass is 9.96. The first kappa shape index (κ1) is 18.1. The third kappa shape index (κ3) is 4.18. The van der Waals surface area contributed by atoms with Gasteiger partial charge in [-0.3, -0.25) is 4.79 Å². The van der Waals surface area contributed by atoms with E-state index in [0.717, 1.165) is 16.0 Å². The molecule has 0 radical (unpaired) electrons. The van der Waals surface area contributed by atoms with E-state index in [4.69, 9.17) is 5.11 Å². The standard InChI is InChI=1S/C16H19F3N2O3/c1-10-4-2-3-5-11(10)6-7-20-15(24)21-8-12(14(22)23)13(9-21)16(17,18)19/h2-5,12-13H,6-9H2,1H3,(H,20,24)(H,22,23)/t12-,13-/m1/s1. The number of carbonyl (C=O) groups is 2. The summed E-state index contributed by atoms with van der Waals surface area (Å²) < 4.78 is 38.7. The van der Waals surface area contributed by atoms with Crippen LogP contribution in [-0.2, 0) is 11.2 Å². The fourth-order valence-corrected chi connectivity index (χ4v) is 2.86. The predicted molar refractivity (Wildman–Crippen MR) is 80.5 cm³/mol. The molecular weight excluding hydrogens is 325 g/mol. The van der Waals surface area contributed by atoms with Crippen molar-refractivity contribution < 1.29 is 27.9 Å². The molecule has 0 aliphatic carbocycles. The summed E-state index contributed by atoms with van der Waals surface area (Å²) in [4.78, 5) is 23.9. The number of amides is 2. The number of benzene rings is 1. The second kappa shape index (κ2) is 7.11. The molecule has 1 saturated heterocycles. The molecular formula is C16H19F3N2O3. The molecule has 1 aromatic carbocycles.